The number of terminal acetylenes is 1. The van der Waals surface area contributed by atoms with Crippen molar-refractivity contribution in [2.24, 2.45) is 0 Å². The summed E-state index contributed by atoms with van der Waals surface area (Å²) in [5.41, 5.74) is 0. The van der Waals surface area contributed by atoms with Crippen LogP contribution in [-0.4, -0.2) is 52.7 Å². The number of hydrogen-bond acceptors (Lipinski definition) is 5. The molecular weight excluding hydrogens is 224 g/mol. The van der Waals surface area contributed by atoms with Gasteiger partial charge >= 0.3 is 5.97 Å². The van der Waals surface area contributed by atoms with E-state index in [-0.39, 0.29) is 19.0 Å². The molecule has 0 unspecified atom stereocenters. The quantitative estimate of drug-likeness (QED) is 0.303. The van der Waals surface area contributed by atoms with Gasteiger partial charge in [0, 0.05) is 13.5 Å². The van der Waals surface area contributed by atoms with Gasteiger partial charge in [-0.2, -0.15) is 0 Å². The number of rotatable bonds is 11. The summed E-state index contributed by atoms with van der Waals surface area (Å²) in [6.45, 7) is 2.74. The first kappa shape index (κ1) is 15.9. The van der Waals surface area contributed by atoms with Crippen molar-refractivity contribution >= 4 is 5.97 Å². The van der Waals surface area contributed by atoms with Gasteiger partial charge in [-0.05, 0) is 0 Å². The zero-order valence-electron chi connectivity index (χ0n) is 10.3. The molecule has 0 aromatic heterocycles. The average molecular weight is 244 g/mol. The highest BCUT2D eigenvalue weighted by molar-refractivity contribution is 5.69. The molecule has 0 saturated heterocycles. The van der Waals surface area contributed by atoms with Crippen molar-refractivity contribution in [2.45, 2.75) is 12.8 Å². The molecule has 0 amide bonds. The summed E-state index contributed by atoms with van der Waals surface area (Å²) >= 11 is 0. The number of ether oxygens (including phenoxy) is 4. The summed E-state index contributed by atoms with van der Waals surface area (Å²) in [6.07, 6.45) is 5.69. The van der Waals surface area contributed by atoms with Crippen molar-refractivity contribution in [3.63, 3.8) is 0 Å². The number of esters is 1. The normalized spacial score (nSPS) is 9.88. The third-order valence-electron chi connectivity index (χ3n) is 1.77. The molecule has 0 aromatic carbocycles. The molecule has 5 nitrogen and oxygen atoms in total. The predicted octanol–water partition coefficient (Wildman–Crippen LogP) is 0.623. The fourth-order valence-corrected chi connectivity index (χ4v) is 0.925. The third-order valence-corrected chi connectivity index (χ3v) is 1.77. The highest BCUT2D eigenvalue weighted by Gasteiger charge is 2.00. The highest BCUT2D eigenvalue weighted by Crippen LogP contribution is 1.91. The first-order valence-corrected chi connectivity index (χ1v) is 5.54. The Hall–Kier alpha value is -1.09. The van der Waals surface area contributed by atoms with E-state index in [1.165, 1.54) is 0 Å². The van der Waals surface area contributed by atoms with E-state index in [2.05, 4.69) is 5.92 Å². The maximum Gasteiger partial charge on any atom is 0.306 e. The smallest absolute Gasteiger partial charge is 0.306 e. The lowest BCUT2D eigenvalue weighted by atomic mass is 10.3. The van der Waals surface area contributed by atoms with Crippen LogP contribution in [0.3, 0.4) is 0 Å². The molecule has 17 heavy (non-hydrogen) atoms. The van der Waals surface area contributed by atoms with E-state index >= 15 is 0 Å². The van der Waals surface area contributed by atoms with Crippen LogP contribution in [0.25, 0.3) is 0 Å². The molecule has 0 atom stereocenters. The first-order valence-electron chi connectivity index (χ1n) is 5.54. The van der Waals surface area contributed by atoms with Gasteiger partial charge in [0.15, 0.2) is 0 Å². The Morgan fingerprint density at radius 1 is 1.06 bits per heavy atom. The molecule has 0 fully saturated rings. The average Bonchev–Trinajstić information content (AvgIpc) is 2.34. The van der Waals surface area contributed by atoms with Crippen LogP contribution < -0.4 is 0 Å². The van der Waals surface area contributed by atoms with Crippen LogP contribution in [0.1, 0.15) is 12.8 Å². The Bertz CT molecular complexity index is 221. The molecule has 5 heteroatoms. The fourth-order valence-electron chi connectivity index (χ4n) is 0.925. The summed E-state index contributed by atoms with van der Waals surface area (Å²) < 4.78 is 20.0. The molecule has 0 N–H and O–H groups in total. The Morgan fingerprint density at radius 3 is 2.24 bits per heavy atom. The standard InChI is InChI=1S/C12H20O5/c1-3-4-5-12(13)17-11-10-16-9-8-15-7-6-14-2/h1H,4-11H2,2H3. The maximum atomic E-state index is 11.0. The van der Waals surface area contributed by atoms with Crippen LogP contribution >= 0.6 is 0 Å². The van der Waals surface area contributed by atoms with E-state index in [0.29, 0.717) is 39.5 Å². The van der Waals surface area contributed by atoms with Crippen molar-refractivity contribution in [1.82, 2.24) is 0 Å². The third kappa shape index (κ3) is 12.8. The fraction of sp³-hybridized carbons (Fsp3) is 0.750. The molecule has 0 spiro atoms. The van der Waals surface area contributed by atoms with Gasteiger partial charge in [0.05, 0.1) is 39.5 Å². The Kier molecular flexibility index (Phi) is 12.1. The van der Waals surface area contributed by atoms with Crippen LogP contribution in [0.4, 0.5) is 0 Å². The second kappa shape index (κ2) is 13.0. The molecule has 0 aliphatic carbocycles. The van der Waals surface area contributed by atoms with E-state index in [0.717, 1.165) is 0 Å². The van der Waals surface area contributed by atoms with E-state index in [4.69, 9.17) is 25.4 Å². The molecule has 0 aliphatic heterocycles. The van der Waals surface area contributed by atoms with Crippen molar-refractivity contribution in [3.05, 3.63) is 0 Å². The SMILES string of the molecule is C#CCCC(=O)OCCOCCOCCOC. The van der Waals surface area contributed by atoms with E-state index in [1.807, 2.05) is 0 Å². The minimum absolute atomic E-state index is 0.251. The predicted molar refractivity (Wildman–Crippen MR) is 62.5 cm³/mol. The molecule has 0 radical (unpaired) electrons. The maximum absolute atomic E-state index is 11.0. The Morgan fingerprint density at radius 2 is 1.65 bits per heavy atom. The first-order chi connectivity index (χ1) is 8.31. The van der Waals surface area contributed by atoms with E-state index in [1.54, 1.807) is 7.11 Å². The molecule has 0 aromatic rings. The van der Waals surface area contributed by atoms with E-state index in [9.17, 15) is 4.79 Å². The lowest BCUT2D eigenvalue weighted by molar-refractivity contribution is -0.145. The second-order valence-corrected chi connectivity index (χ2v) is 3.14. The molecule has 0 heterocycles. The van der Waals surface area contributed by atoms with Crippen LogP contribution in [0.2, 0.25) is 0 Å². The van der Waals surface area contributed by atoms with Gasteiger partial charge in [0.1, 0.15) is 6.61 Å². The number of carbonyl (C=O) groups is 1. The van der Waals surface area contributed by atoms with Gasteiger partial charge < -0.3 is 18.9 Å². The number of methoxy groups -OCH3 is 1. The van der Waals surface area contributed by atoms with Crippen molar-refractivity contribution < 1.29 is 23.7 Å². The molecule has 0 saturated carbocycles. The number of hydrogen-bond donors (Lipinski definition) is 0. The summed E-state index contributed by atoms with van der Waals surface area (Å²) in [5, 5.41) is 0. The molecule has 0 rings (SSSR count). The largest absolute Gasteiger partial charge is 0.463 e. The Balaban J connectivity index is 3.08. The molecule has 98 valence electrons. The highest BCUT2D eigenvalue weighted by atomic mass is 16.6. The summed E-state index contributed by atoms with van der Waals surface area (Å²) in [5.74, 6) is 2.09. The van der Waals surface area contributed by atoms with E-state index < -0.39 is 0 Å². The van der Waals surface area contributed by atoms with Crippen LogP contribution in [0, 0.1) is 12.3 Å². The van der Waals surface area contributed by atoms with Gasteiger partial charge in [-0.15, -0.1) is 12.3 Å². The molecule has 0 aliphatic rings. The van der Waals surface area contributed by atoms with Crippen LogP contribution in [0.5, 0.6) is 0 Å². The number of carbonyl (C=O) groups excluding carboxylic acids is 1. The molecular formula is C12H20O5. The van der Waals surface area contributed by atoms with Gasteiger partial charge in [-0.1, -0.05) is 0 Å². The van der Waals surface area contributed by atoms with Crippen molar-refractivity contribution in [1.29, 1.82) is 0 Å². The molecule has 0 bridgehead atoms. The monoisotopic (exact) mass is 244 g/mol. The topological polar surface area (TPSA) is 54.0 Å². The lowest BCUT2D eigenvalue weighted by Crippen LogP contribution is -2.13. The Labute approximate surface area is 102 Å². The zero-order valence-corrected chi connectivity index (χ0v) is 10.3. The van der Waals surface area contributed by atoms with Crippen molar-refractivity contribution in [3.8, 4) is 12.3 Å². The van der Waals surface area contributed by atoms with Gasteiger partial charge in [-0.25, -0.2) is 0 Å². The minimum atomic E-state index is -0.289. The van der Waals surface area contributed by atoms with Gasteiger partial charge in [0.25, 0.3) is 0 Å². The van der Waals surface area contributed by atoms with Crippen LogP contribution in [0.15, 0.2) is 0 Å². The summed E-state index contributed by atoms with van der Waals surface area (Å²) in [7, 11) is 1.62. The van der Waals surface area contributed by atoms with Gasteiger partial charge in [-0.3, -0.25) is 4.79 Å². The lowest BCUT2D eigenvalue weighted by Gasteiger charge is -2.06. The summed E-state index contributed by atoms with van der Waals surface area (Å²) in [4.78, 5) is 11.0. The second-order valence-electron chi connectivity index (χ2n) is 3.14. The van der Waals surface area contributed by atoms with Crippen molar-refractivity contribution in [2.75, 3.05) is 46.8 Å². The summed E-state index contributed by atoms with van der Waals surface area (Å²) in [6, 6.07) is 0. The van der Waals surface area contributed by atoms with Crippen LogP contribution in [-0.2, 0) is 23.7 Å². The zero-order chi connectivity index (χ0) is 12.8. The minimum Gasteiger partial charge on any atom is -0.463 e. The van der Waals surface area contributed by atoms with Gasteiger partial charge in [0.2, 0.25) is 0 Å².